The Morgan fingerprint density at radius 1 is 1.20 bits per heavy atom. The van der Waals surface area contributed by atoms with Crippen LogP contribution < -0.4 is 10.3 Å². The molecule has 0 fully saturated rings. The second kappa shape index (κ2) is 9.99. The van der Waals surface area contributed by atoms with E-state index in [2.05, 4.69) is 41.9 Å². The Morgan fingerprint density at radius 3 is 2.70 bits per heavy atom. The summed E-state index contributed by atoms with van der Waals surface area (Å²) in [4.78, 5) is 28.9. The van der Waals surface area contributed by atoms with E-state index in [1.54, 1.807) is 43.5 Å². The van der Waals surface area contributed by atoms with E-state index in [1.165, 1.54) is 4.68 Å². The lowest BCUT2D eigenvalue weighted by molar-refractivity contribution is -0.145. The zero-order valence-electron chi connectivity index (χ0n) is 16.4. The van der Waals surface area contributed by atoms with Gasteiger partial charge in [-0.05, 0) is 64.8 Å². The van der Waals surface area contributed by atoms with E-state index in [0.29, 0.717) is 40.0 Å². The van der Waals surface area contributed by atoms with Crippen molar-refractivity contribution in [1.29, 1.82) is 0 Å². The highest BCUT2D eigenvalue weighted by atomic mass is 79.9. The number of aryl methyl sites for hydroxylation is 1. The molecule has 156 valence electrons. The summed E-state index contributed by atoms with van der Waals surface area (Å²) in [6, 6.07) is 10.7. The molecule has 9 heteroatoms. The molecule has 1 aromatic heterocycles. The molecule has 0 unspecified atom stereocenters. The quantitative estimate of drug-likeness (QED) is 0.332. The maximum absolute atomic E-state index is 12.9. The van der Waals surface area contributed by atoms with Crippen molar-refractivity contribution in [3.8, 4) is 5.75 Å². The summed E-state index contributed by atoms with van der Waals surface area (Å²) < 4.78 is 13.1. The molecule has 0 saturated heterocycles. The number of carbonyl (C=O) groups excluding carboxylic acids is 1. The van der Waals surface area contributed by atoms with Crippen molar-refractivity contribution < 1.29 is 14.3 Å². The number of aromatic nitrogens is 2. The van der Waals surface area contributed by atoms with Crippen LogP contribution in [-0.4, -0.2) is 35.1 Å². The Balaban J connectivity index is 1.87. The monoisotopic (exact) mass is 535 g/mol. The SMILES string of the molecule is CCOC(=O)COc1ccc(C=Nn2c(CC)nc3ccc(Br)cc3c2=O)cc1Br. The van der Waals surface area contributed by atoms with Gasteiger partial charge in [0, 0.05) is 10.9 Å². The molecule has 3 rings (SSSR count). The predicted molar refractivity (Wildman–Crippen MR) is 122 cm³/mol. The van der Waals surface area contributed by atoms with Crippen LogP contribution in [0.2, 0.25) is 0 Å². The first kappa shape index (κ1) is 22.2. The summed E-state index contributed by atoms with van der Waals surface area (Å²) in [5, 5.41) is 4.85. The van der Waals surface area contributed by atoms with Gasteiger partial charge in [0.1, 0.15) is 11.6 Å². The number of nitrogens with zero attached hydrogens (tertiary/aromatic N) is 3. The molecule has 7 nitrogen and oxygen atoms in total. The molecule has 0 aliphatic rings. The van der Waals surface area contributed by atoms with Crippen molar-refractivity contribution in [3.05, 3.63) is 67.1 Å². The third-order valence-electron chi connectivity index (χ3n) is 4.12. The summed E-state index contributed by atoms with van der Waals surface area (Å²) in [5.41, 5.74) is 1.15. The number of hydrogen-bond donors (Lipinski definition) is 0. The average molecular weight is 537 g/mol. The number of benzene rings is 2. The van der Waals surface area contributed by atoms with Crippen molar-refractivity contribution in [2.75, 3.05) is 13.2 Å². The minimum Gasteiger partial charge on any atom is -0.481 e. The molecule has 3 aromatic rings. The Labute approximate surface area is 190 Å². The molecule has 0 aliphatic carbocycles. The molecule has 30 heavy (non-hydrogen) atoms. The number of fused-ring (bicyclic) bond motifs is 1. The van der Waals surface area contributed by atoms with E-state index in [1.807, 2.05) is 13.0 Å². The lowest BCUT2D eigenvalue weighted by Gasteiger charge is -2.09. The normalized spacial score (nSPS) is 11.2. The summed E-state index contributed by atoms with van der Waals surface area (Å²) in [7, 11) is 0. The molecule has 2 aromatic carbocycles. The number of esters is 1. The fourth-order valence-electron chi connectivity index (χ4n) is 2.72. The number of halogens is 2. The van der Waals surface area contributed by atoms with E-state index in [4.69, 9.17) is 9.47 Å². The van der Waals surface area contributed by atoms with Crippen molar-refractivity contribution >= 4 is 54.9 Å². The molecule has 0 saturated carbocycles. The highest BCUT2D eigenvalue weighted by molar-refractivity contribution is 9.10. The standard InChI is InChI=1S/C21H19Br2N3O4/c1-3-19-25-17-7-6-14(22)10-15(17)21(28)26(19)24-11-13-5-8-18(16(23)9-13)30-12-20(27)29-4-2/h5-11H,3-4,12H2,1-2H3. The Bertz CT molecular complexity index is 1170. The smallest absolute Gasteiger partial charge is 0.344 e. The van der Waals surface area contributed by atoms with Crippen LogP contribution >= 0.6 is 31.9 Å². The van der Waals surface area contributed by atoms with Crippen molar-refractivity contribution in [2.45, 2.75) is 20.3 Å². The summed E-state index contributed by atoms with van der Waals surface area (Å²) in [5.74, 6) is 0.639. The molecule has 0 radical (unpaired) electrons. The lowest BCUT2D eigenvalue weighted by atomic mass is 10.2. The van der Waals surface area contributed by atoms with Gasteiger partial charge >= 0.3 is 5.97 Å². The van der Waals surface area contributed by atoms with Crippen LogP contribution in [0.25, 0.3) is 10.9 Å². The van der Waals surface area contributed by atoms with Gasteiger partial charge in [-0.25, -0.2) is 9.78 Å². The third kappa shape index (κ3) is 5.14. The van der Waals surface area contributed by atoms with E-state index in [9.17, 15) is 9.59 Å². The summed E-state index contributed by atoms with van der Waals surface area (Å²) in [6.45, 7) is 3.79. The van der Waals surface area contributed by atoms with Gasteiger partial charge in [-0.3, -0.25) is 4.79 Å². The van der Waals surface area contributed by atoms with Gasteiger partial charge in [-0.1, -0.05) is 22.9 Å². The van der Waals surface area contributed by atoms with Crippen molar-refractivity contribution in [1.82, 2.24) is 9.66 Å². The lowest BCUT2D eigenvalue weighted by Crippen LogP contribution is -2.22. The summed E-state index contributed by atoms with van der Waals surface area (Å²) >= 11 is 6.81. The van der Waals surface area contributed by atoms with Gasteiger partial charge in [-0.15, -0.1) is 0 Å². The first-order chi connectivity index (χ1) is 14.4. The zero-order chi connectivity index (χ0) is 21.7. The molecule has 1 heterocycles. The molecule has 0 spiro atoms. The van der Waals surface area contributed by atoms with E-state index in [-0.39, 0.29) is 12.2 Å². The summed E-state index contributed by atoms with van der Waals surface area (Å²) in [6.07, 6.45) is 2.13. The Morgan fingerprint density at radius 2 is 2.00 bits per heavy atom. The second-order valence-corrected chi connectivity index (χ2v) is 7.96. The maximum atomic E-state index is 12.9. The Kier molecular flexibility index (Phi) is 7.38. The van der Waals surface area contributed by atoms with Crippen molar-refractivity contribution in [3.63, 3.8) is 0 Å². The fraction of sp³-hybridized carbons (Fsp3) is 0.238. The van der Waals surface area contributed by atoms with Crippen LogP contribution in [0, 0.1) is 0 Å². The Hall–Kier alpha value is -2.52. The average Bonchev–Trinajstić information content (AvgIpc) is 2.73. The number of ether oxygens (including phenoxy) is 2. The van der Waals surface area contributed by atoms with E-state index < -0.39 is 5.97 Å². The van der Waals surface area contributed by atoms with Gasteiger partial charge in [0.05, 0.1) is 28.2 Å². The highest BCUT2D eigenvalue weighted by Crippen LogP contribution is 2.25. The first-order valence-electron chi connectivity index (χ1n) is 9.26. The molecule has 0 aliphatic heterocycles. The third-order valence-corrected chi connectivity index (χ3v) is 5.23. The molecular weight excluding hydrogens is 518 g/mol. The zero-order valence-corrected chi connectivity index (χ0v) is 19.6. The fourth-order valence-corrected chi connectivity index (χ4v) is 3.59. The van der Waals surface area contributed by atoms with Crippen LogP contribution in [0.15, 0.2) is 55.2 Å². The van der Waals surface area contributed by atoms with Crippen LogP contribution in [-0.2, 0) is 16.0 Å². The molecule has 0 amide bonds. The minimum atomic E-state index is -0.433. The number of rotatable bonds is 7. The first-order valence-corrected chi connectivity index (χ1v) is 10.8. The van der Waals surface area contributed by atoms with Gasteiger partial charge in [-0.2, -0.15) is 9.78 Å². The van der Waals surface area contributed by atoms with E-state index in [0.717, 1.165) is 10.0 Å². The maximum Gasteiger partial charge on any atom is 0.344 e. The molecule has 0 N–H and O–H groups in total. The van der Waals surface area contributed by atoms with Crippen LogP contribution in [0.5, 0.6) is 5.75 Å². The second-order valence-electron chi connectivity index (χ2n) is 6.19. The van der Waals surface area contributed by atoms with Crippen LogP contribution in [0.4, 0.5) is 0 Å². The van der Waals surface area contributed by atoms with Gasteiger partial charge in [0.2, 0.25) is 0 Å². The largest absolute Gasteiger partial charge is 0.481 e. The molecule has 0 bridgehead atoms. The van der Waals surface area contributed by atoms with Gasteiger partial charge in [0.15, 0.2) is 6.61 Å². The van der Waals surface area contributed by atoms with Gasteiger partial charge < -0.3 is 9.47 Å². The van der Waals surface area contributed by atoms with E-state index >= 15 is 0 Å². The number of hydrogen-bond acceptors (Lipinski definition) is 6. The minimum absolute atomic E-state index is 0.173. The molecular formula is C21H19Br2N3O4. The van der Waals surface area contributed by atoms with Gasteiger partial charge in [0.25, 0.3) is 5.56 Å². The predicted octanol–water partition coefficient (Wildman–Crippen LogP) is 4.31. The van der Waals surface area contributed by atoms with Crippen LogP contribution in [0.3, 0.4) is 0 Å². The highest BCUT2D eigenvalue weighted by Gasteiger charge is 2.10. The number of carbonyl (C=O) groups is 1. The molecule has 0 atom stereocenters. The van der Waals surface area contributed by atoms with Crippen molar-refractivity contribution in [2.24, 2.45) is 5.10 Å². The topological polar surface area (TPSA) is 82.8 Å². The van der Waals surface area contributed by atoms with Crippen LogP contribution in [0.1, 0.15) is 25.2 Å².